The van der Waals surface area contributed by atoms with Gasteiger partial charge in [-0.05, 0) is 146 Å². The van der Waals surface area contributed by atoms with Crippen molar-refractivity contribution in [1.29, 1.82) is 0 Å². The average molecular weight is 761 g/mol. The van der Waals surface area contributed by atoms with E-state index >= 15 is 0 Å². The van der Waals surface area contributed by atoms with Crippen LogP contribution < -0.4 is 9.80 Å². The normalized spacial score (nSPS) is 12.2. The summed E-state index contributed by atoms with van der Waals surface area (Å²) in [5, 5.41) is 2.43. The second kappa shape index (κ2) is 16.5. The maximum atomic E-state index is 2.37. The molecule has 0 heterocycles. The average Bonchev–Trinajstić information content (AvgIpc) is 3.21. The summed E-state index contributed by atoms with van der Waals surface area (Å²) in [6.45, 7) is 22.6. The van der Waals surface area contributed by atoms with Crippen molar-refractivity contribution < 1.29 is 0 Å². The van der Waals surface area contributed by atoms with Crippen LogP contribution in [0.4, 0.5) is 34.1 Å². The summed E-state index contributed by atoms with van der Waals surface area (Å²) in [5.41, 5.74) is 14.8. The predicted octanol–water partition coefficient (Wildman–Crippen LogP) is 16.8. The molecule has 0 aliphatic heterocycles. The molecule has 0 amide bonds. The molecule has 0 N–H and O–H groups in total. The first-order chi connectivity index (χ1) is 27.6. The van der Waals surface area contributed by atoms with Crippen molar-refractivity contribution in [2.45, 2.75) is 91.9 Å². The van der Waals surface area contributed by atoms with Gasteiger partial charge in [0.2, 0.25) is 0 Å². The van der Waals surface area contributed by atoms with Crippen LogP contribution in [0.25, 0.3) is 22.9 Å². The minimum Gasteiger partial charge on any atom is -0.311 e. The Kier molecular flexibility index (Phi) is 11.5. The van der Waals surface area contributed by atoms with Crippen molar-refractivity contribution in [3.05, 3.63) is 191 Å². The van der Waals surface area contributed by atoms with Crippen LogP contribution in [0.2, 0.25) is 0 Å². The van der Waals surface area contributed by atoms with Crippen molar-refractivity contribution in [2.24, 2.45) is 0 Å². The van der Waals surface area contributed by atoms with E-state index in [0.29, 0.717) is 11.8 Å². The third-order valence-corrected chi connectivity index (χ3v) is 11.3. The van der Waals surface area contributed by atoms with Crippen molar-refractivity contribution in [1.82, 2.24) is 0 Å². The van der Waals surface area contributed by atoms with Gasteiger partial charge < -0.3 is 9.80 Å². The zero-order valence-electron chi connectivity index (χ0n) is 36.2. The lowest BCUT2D eigenvalue weighted by Gasteiger charge is -2.27. The minimum atomic E-state index is 0.0991. The Balaban J connectivity index is 1.15. The zero-order valence-corrected chi connectivity index (χ0v) is 36.2. The van der Waals surface area contributed by atoms with E-state index in [2.05, 4.69) is 249 Å². The standard InChI is InChI=1S/C56H60N2/c1-39(2)43-17-28-50(29-18-43)57(52-33-22-47(23-34-52)55(5,6)7)49-26-14-41(15-27-49)11-12-42-13-16-46-38-54(32-21-45(46)37-42)58(51-30-19-44(20-31-51)40(3)4)53-35-24-48(25-36-53)56(8,9)10/h11-40H,1-10H3/b12-11+. The van der Waals surface area contributed by atoms with Gasteiger partial charge in [0.05, 0.1) is 0 Å². The predicted molar refractivity (Wildman–Crippen MR) is 254 cm³/mol. The monoisotopic (exact) mass is 760 g/mol. The van der Waals surface area contributed by atoms with Gasteiger partial charge in [-0.2, -0.15) is 0 Å². The topological polar surface area (TPSA) is 6.48 Å². The second-order valence-electron chi connectivity index (χ2n) is 18.5. The Morgan fingerprint density at radius 1 is 0.345 bits per heavy atom. The first-order valence-corrected chi connectivity index (χ1v) is 21.0. The van der Waals surface area contributed by atoms with E-state index in [-0.39, 0.29) is 10.8 Å². The van der Waals surface area contributed by atoms with E-state index in [9.17, 15) is 0 Å². The molecular weight excluding hydrogens is 701 g/mol. The zero-order chi connectivity index (χ0) is 41.2. The van der Waals surface area contributed by atoms with Crippen LogP contribution in [0.3, 0.4) is 0 Å². The lowest BCUT2D eigenvalue weighted by Crippen LogP contribution is -2.13. The van der Waals surface area contributed by atoms with E-state index in [4.69, 9.17) is 0 Å². The third-order valence-electron chi connectivity index (χ3n) is 11.3. The molecule has 2 nitrogen and oxygen atoms in total. The number of nitrogens with zero attached hydrogens (tertiary/aromatic N) is 2. The summed E-state index contributed by atoms with van der Waals surface area (Å²) in [6.07, 6.45) is 4.43. The maximum absolute atomic E-state index is 2.37. The fourth-order valence-electron chi connectivity index (χ4n) is 7.55. The van der Waals surface area contributed by atoms with Crippen LogP contribution in [0, 0.1) is 0 Å². The molecule has 294 valence electrons. The molecule has 7 aromatic rings. The lowest BCUT2D eigenvalue weighted by molar-refractivity contribution is 0.590. The Labute approximate surface area is 348 Å². The molecule has 0 saturated heterocycles. The summed E-state index contributed by atoms with van der Waals surface area (Å²) in [4.78, 5) is 4.72. The highest BCUT2D eigenvalue weighted by molar-refractivity contribution is 5.91. The summed E-state index contributed by atoms with van der Waals surface area (Å²) < 4.78 is 0. The first-order valence-electron chi connectivity index (χ1n) is 21.0. The molecule has 0 fully saturated rings. The highest BCUT2D eigenvalue weighted by Crippen LogP contribution is 2.39. The molecule has 7 rings (SSSR count). The van der Waals surface area contributed by atoms with Gasteiger partial charge in [-0.1, -0.05) is 160 Å². The van der Waals surface area contributed by atoms with Gasteiger partial charge in [0.15, 0.2) is 0 Å². The van der Waals surface area contributed by atoms with E-state index < -0.39 is 0 Å². The van der Waals surface area contributed by atoms with Gasteiger partial charge in [0.25, 0.3) is 0 Å². The number of fused-ring (bicyclic) bond motifs is 1. The molecule has 0 bridgehead atoms. The minimum absolute atomic E-state index is 0.0991. The van der Waals surface area contributed by atoms with Crippen LogP contribution in [0.5, 0.6) is 0 Å². The van der Waals surface area contributed by atoms with Crippen molar-refractivity contribution in [3.8, 4) is 0 Å². The van der Waals surface area contributed by atoms with Gasteiger partial charge in [0, 0.05) is 34.1 Å². The molecule has 0 spiro atoms. The summed E-state index contributed by atoms with van der Waals surface area (Å²) in [6, 6.07) is 58.6. The molecule has 7 aromatic carbocycles. The molecule has 0 radical (unpaired) electrons. The van der Waals surface area contributed by atoms with Crippen LogP contribution in [0.1, 0.15) is 114 Å². The highest BCUT2D eigenvalue weighted by atomic mass is 15.1. The van der Waals surface area contributed by atoms with Crippen molar-refractivity contribution >= 4 is 57.0 Å². The first kappa shape index (κ1) is 40.3. The Morgan fingerprint density at radius 2 is 0.655 bits per heavy atom. The third kappa shape index (κ3) is 9.13. The SMILES string of the molecule is CC(C)c1ccc(N(c2ccc(/C=C/c3ccc4cc(N(c5ccc(C(C)C)cc5)c5ccc(C(C)(C)C)cc5)ccc4c3)cc2)c2ccc(C(C)(C)C)cc2)cc1. The number of anilines is 6. The number of hydrogen-bond donors (Lipinski definition) is 0. The van der Waals surface area contributed by atoms with E-state index in [1.165, 1.54) is 38.6 Å². The van der Waals surface area contributed by atoms with Crippen molar-refractivity contribution in [3.63, 3.8) is 0 Å². The molecule has 0 aliphatic carbocycles. The van der Waals surface area contributed by atoms with E-state index in [1.54, 1.807) is 0 Å². The van der Waals surface area contributed by atoms with Crippen LogP contribution in [0.15, 0.2) is 158 Å². The summed E-state index contributed by atoms with van der Waals surface area (Å²) in [5.74, 6) is 0.979. The molecule has 0 saturated carbocycles. The smallest absolute Gasteiger partial charge is 0.0468 e. The lowest BCUT2D eigenvalue weighted by atomic mass is 9.87. The second-order valence-corrected chi connectivity index (χ2v) is 18.5. The van der Waals surface area contributed by atoms with E-state index in [0.717, 1.165) is 39.7 Å². The molecule has 58 heavy (non-hydrogen) atoms. The van der Waals surface area contributed by atoms with Gasteiger partial charge >= 0.3 is 0 Å². The number of hydrogen-bond acceptors (Lipinski definition) is 2. The Morgan fingerprint density at radius 3 is 1.07 bits per heavy atom. The molecule has 2 heteroatoms. The van der Waals surface area contributed by atoms with Gasteiger partial charge in [0.1, 0.15) is 0 Å². The fourth-order valence-corrected chi connectivity index (χ4v) is 7.55. The summed E-state index contributed by atoms with van der Waals surface area (Å²) >= 11 is 0. The van der Waals surface area contributed by atoms with Crippen LogP contribution in [-0.2, 0) is 10.8 Å². The Bertz CT molecular complexity index is 2470. The van der Waals surface area contributed by atoms with E-state index in [1.807, 2.05) is 0 Å². The van der Waals surface area contributed by atoms with Gasteiger partial charge in [-0.3, -0.25) is 0 Å². The fraction of sp³-hybridized carbons (Fsp3) is 0.250. The van der Waals surface area contributed by atoms with Crippen LogP contribution in [-0.4, -0.2) is 0 Å². The van der Waals surface area contributed by atoms with Crippen molar-refractivity contribution in [2.75, 3.05) is 9.80 Å². The molecule has 0 aromatic heterocycles. The maximum Gasteiger partial charge on any atom is 0.0468 e. The molecule has 0 unspecified atom stereocenters. The number of rotatable bonds is 10. The Hall–Kier alpha value is -5.86. The van der Waals surface area contributed by atoms with Crippen LogP contribution >= 0.6 is 0 Å². The molecule has 0 aliphatic rings. The van der Waals surface area contributed by atoms with Gasteiger partial charge in [-0.15, -0.1) is 0 Å². The highest BCUT2D eigenvalue weighted by Gasteiger charge is 2.19. The quantitative estimate of drug-likeness (QED) is 0.128. The van der Waals surface area contributed by atoms with Gasteiger partial charge in [-0.25, -0.2) is 0 Å². The largest absolute Gasteiger partial charge is 0.311 e. The number of benzene rings is 7. The molecular formula is C56H60N2. The molecule has 0 atom stereocenters. The summed E-state index contributed by atoms with van der Waals surface area (Å²) in [7, 11) is 0.